The van der Waals surface area contributed by atoms with Crippen molar-refractivity contribution in [2.75, 3.05) is 10.6 Å². The number of carbonyl (C=O) groups excluding carboxylic acids is 1. The van der Waals surface area contributed by atoms with Crippen LogP contribution in [0.15, 0.2) is 24.3 Å². The van der Waals surface area contributed by atoms with Gasteiger partial charge in [-0.25, -0.2) is 0 Å². The summed E-state index contributed by atoms with van der Waals surface area (Å²) in [7, 11) is 0. The molecule has 2 N–H and O–H groups in total. The fraction of sp³-hybridized carbons (Fsp3) is 0.417. The number of hydrogen-bond acceptors (Lipinski definition) is 2. The molecular weight excluding hydrogens is 188 g/mol. The molecule has 1 heterocycles. The minimum absolute atomic E-state index is 0.0752. The summed E-state index contributed by atoms with van der Waals surface area (Å²) in [6.07, 6.45) is 1.59. The van der Waals surface area contributed by atoms with Crippen molar-refractivity contribution in [1.29, 1.82) is 0 Å². The molecule has 0 bridgehead atoms. The van der Waals surface area contributed by atoms with Crippen LogP contribution in [0.5, 0.6) is 0 Å². The number of nitrogens with one attached hydrogen (secondary N) is 2. The highest BCUT2D eigenvalue weighted by molar-refractivity contribution is 6.05. The standard InChI is InChI=1S/C12H16N2O/c1-3-12(4-2)11(15)13-9-7-5-6-8-10(9)14-12/h5-8,14H,3-4H2,1-2H3,(H,13,15). The molecule has 1 aromatic rings. The maximum absolute atomic E-state index is 12.0. The van der Waals surface area contributed by atoms with Crippen molar-refractivity contribution in [1.82, 2.24) is 0 Å². The molecule has 0 atom stereocenters. The molecular formula is C12H16N2O. The lowest BCUT2D eigenvalue weighted by molar-refractivity contribution is -0.120. The SMILES string of the molecule is CCC1(CC)Nc2ccccc2NC1=O. The molecule has 15 heavy (non-hydrogen) atoms. The van der Waals surface area contributed by atoms with Crippen molar-refractivity contribution in [2.45, 2.75) is 32.2 Å². The summed E-state index contributed by atoms with van der Waals surface area (Å²) in [6, 6.07) is 7.80. The van der Waals surface area contributed by atoms with E-state index in [0.717, 1.165) is 24.2 Å². The van der Waals surface area contributed by atoms with Crippen molar-refractivity contribution in [3.63, 3.8) is 0 Å². The molecule has 0 spiro atoms. The first kappa shape index (κ1) is 10.0. The molecule has 0 aromatic heterocycles. The van der Waals surface area contributed by atoms with Gasteiger partial charge in [0.1, 0.15) is 5.54 Å². The van der Waals surface area contributed by atoms with Gasteiger partial charge in [-0.3, -0.25) is 4.79 Å². The van der Waals surface area contributed by atoms with Crippen molar-refractivity contribution in [2.24, 2.45) is 0 Å². The Balaban J connectivity index is 2.41. The molecule has 3 heteroatoms. The lowest BCUT2D eigenvalue weighted by Crippen LogP contribution is -2.51. The molecule has 0 aliphatic carbocycles. The molecule has 0 radical (unpaired) electrons. The molecule has 0 fully saturated rings. The normalized spacial score (nSPS) is 17.6. The van der Waals surface area contributed by atoms with E-state index >= 15 is 0 Å². The van der Waals surface area contributed by atoms with E-state index in [2.05, 4.69) is 10.6 Å². The van der Waals surface area contributed by atoms with Gasteiger partial charge >= 0.3 is 0 Å². The van der Waals surface area contributed by atoms with Crippen LogP contribution in [0, 0.1) is 0 Å². The van der Waals surface area contributed by atoms with Gasteiger partial charge in [0.2, 0.25) is 5.91 Å². The number of carbonyl (C=O) groups is 1. The van der Waals surface area contributed by atoms with Crippen LogP contribution in [-0.4, -0.2) is 11.4 Å². The summed E-state index contributed by atoms with van der Waals surface area (Å²) >= 11 is 0. The zero-order valence-corrected chi connectivity index (χ0v) is 9.13. The van der Waals surface area contributed by atoms with Crippen LogP contribution in [-0.2, 0) is 4.79 Å². The second-order valence-electron chi connectivity index (χ2n) is 3.91. The van der Waals surface area contributed by atoms with Gasteiger partial charge < -0.3 is 10.6 Å². The highest BCUT2D eigenvalue weighted by Gasteiger charge is 2.38. The van der Waals surface area contributed by atoms with Gasteiger partial charge in [0, 0.05) is 0 Å². The number of amides is 1. The van der Waals surface area contributed by atoms with Crippen LogP contribution in [0.25, 0.3) is 0 Å². The first-order chi connectivity index (χ1) is 7.22. The third-order valence-electron chi connectivity index (χ3n) is 3.19. The van der Waals surface area contributed by atoms with E-state index in [4.69, 9.17) is 0 Å². The fourth-order valence-electron chi connectivity index (χ4n) is 2.01. The van der Waals surface area contributed by atoms with Crippen LogP contribution in [0.2, 0.25) is 0 Å². The molecule has 80 valence electrons. The maximum Gasteiger partial charge on any atom is 0.250 e. The van der Waals surface area contributed by atoms with Gasteiger partial charge in [-0.15, -0.1) is 0 Å². The number of benzene rings is 1. The largest absolute Gasteiger partial charge is 0.370 e. The highest BCUT2D eigenvalue weighted by Crippen LogP contribution is 2.33. The van der Waals surface area contributed by atoms with Crippen LogP contribution >= 0.6 is 0 Å². The van der Waals surface area contributed by atoms with Crippen LogP contribution in [0.4, 0.5) is 11.4 Å². The average molecular weight is 204 g/mol. The highest BCUT2D eigenvalue weighted by atomic mass is 16.2. The average Bonchev–Trinajstić information content (AvgIpc) is 2.28. The molecule has 0 saturated heterocycles. The monoisotopic (exact) mass is 204 g/mol. The van der Waals surface area contributed by atoms with E-state index in [9.17, 15) is 4.79 Å². The Bertz CT molecular complexity index is 383. The van der Waals surface area contributed by atoms with Crippen LogP contribution < -0.4 is 10.6 Å². The topological polar surface area (TPSA) is 41.1 Å². The summed E-state index contributed by atoms with van der Waals surface area (Å²) in [5.74, 6) is 0.0752. The van der Waals surface area contributed by atoms with Crippen molar-refractivity contribution in [3.05, 3.63) is 24.3 Å². The lowest BCUT2D eigenvalue weighted by atomic mass is 9.89. The predicted molar refractivity (Wildman–Crippen MR) is 62.0 cm³/mol. The van der Waals surface area contributed by atoms with E-state index in [0.29, 0.717) is 0 Å². The molecule has 1 amide bonds. The van der Waals surface area contributed by atoms with Crippen molar-refractivity contribution in [3.8, 4) is 0 Å². The summed E-state index contributed by atoms with van der Waals surface area (Å²) < 4.78 is 0. The van der Waals surface area contributed by atoms with Gasteiger partial charge in [-0.2, -0.15) is 0 Å². The van der Waals surface area contributed by atoms with E-state index in [-0.39, 0.29) is 5.91 Å². The summed E-state index contributed by atoms with van der Waals surface area (Å²) in [5, 5.41) is 6.30. The minimum Gasteiger partial charge on any atom is -0.370 e. The van der Waals surface area contributed by atoms with Gasteiger partial charge in [0.15, 0.2) is 0 Å². The molecule has 1 aliphatic heterocycles. The number of anilines is 2. The van der Waals surface area contributed by atoms with Crippen LogP contribution in [0.1, 0.15) is 26.7 Å². The second kappa shape index (κ2) is 3.57. The Morgan fingerprint density at radius 3 is 2.33 bits per heavy atom. The lowest BCUT2D eigenvalue weighted by Gasteiger charge is -2.37. The quantitative estimate of drug-likeness (QED) is 0.777. The third kappa shape index (κ3) is 1.48. The Hall–Kier alpha value is -1.51. The number of hydrogen-bond donors (Lipinski definition) is 2. The Kier molecular flexibility index (Phi) is 2.39. The Morgan fingerprint density at radius 1 is 1.13 bits per heavy atom. The van der Waals surface area contributed by atoms with Gasteiger partial charge in [-0.1, -0.05) is 26.0 Å². The molecule has 0 saturated carbocycles. The fourth-order valence-corrected chi connectivity index (χ4v) is 2.01. The summed E-state index contributed by atoms with van der Waals surface area (Å²) in [5.41, 5.74) is 1.45. The smallest absolute Gasteiger partial charge is 0.250 e. The molecule has 3 nitrogen and oxygen atoms in total. The maximum atomic E-state index is 12.0. The predicted octanol–water partition coefficient (Wildman–Crippen LogP) is 2.61. The Morgan fingerprint density at radius 2 is 1.73 bits per heavy atom. The van der Waals surface area contributed by atoms with E-state index in [1.165, 1.54) is 0 Å². The minimum atomic E-state index is -0.436. The first-order valence-corrected chi connectivity index (χ1v) is 5.40. The summed E-state index contributed by atoms with van der Waals surface area (Å²) in [4.78, 5) is 12.0. The molecule has 0 unspecified atom stereocenters. The second-order valence-corrected chi connectivity index (χ2v) is 3.91. The van der Waals surface area contributed by atoms with E-state index < -0.39 is 5.54 Å². The zero-order valence-electron chi connectivity index (χ0n) is 9.13. The van der Waals surface area contributed by atoms with Crippen molar-refractivity contribution < 1.29 is 4.79 Å². The molecule has 2 rings (SSSR count). The first-order valence-electron chi connectivity index (χ1n) is 5.40. The van der Waals surface area contributed by atoms with E-state index in [1.54, 1.807) is 0 Å². The van der Waals surface area contributed by atoms with Gasteiger partial charge in [-0.05, 0) is 25.0 Å². The van der Waals surface area contributed by atoms with Gasteiger partial charge in [0.05, 0.1) is 11.4 Å². The molecule has 1 aliphatic rings. The summed E-state index contributed by atoms with van der Waals surface area (Å²) in [6.45, 7) is 4.06. The zero-order chi connectivity index (χ0) is 10.9. The third-order valence-corrected chi connectivity index (χ3v) is 3.19. The number of para-hydroxylation sites is 2. The van der Waals surface area contributed by atoms with Gasteiger partial charge in [0.25, 0.3) is 0 Å². The molecule has 1 aromatic carbocycles. The van der Waals surface area contributed by atoms with Crippen LogP contribution in [0.3, 0.4) is 0 Å². The number of rotatable bonds is 2. The Labute approximate surface area is 89.9 Å². The van der Waals surface area contributed by atoms with Crippen molar-refractivity contribution >= 4 is 17.3 Å². The van der Waals surface area contributed by atoms with E-state index in [1.807, 2.05) is 38.1 Å². The number of fused-ring (bicyclic) bond motifs is 1.